The van der Waals surface area contributed by atoms with Gasteiger partial charge in [-0.1, -0.05) is 35.9 Å². The number of rotatable bonds is 3. The summed E-state index contributed by atoms with van der Waals surface area (Å²) < 4.78 is 6.25. The van der Waals surface area contributed by atoms with Crippen LogP contribution in [0, 0.1) is 6.92 Å². The molecule has 2 nitrogen and oxygen atoms in total. The highest BCUT2D eigenvalue weighted by molar-refractivity contribution is 7.19. The molecule has 3 aromatic rings. The fourth-order valence-corrected chi connectivity index (χ4v) is 3.97. The molecule has 0 bridgehead atoms. The van der Waals surface area contributed by atoms with Gasteiger partial charge in [0.05, 0.1) is 17.0 Å². The summed E-state index contributed by atoms with van der Waals surface area (Å²) in [6.07, 6.45) is -0.706. The van der Waals surface area contributed by atoms with Crippen molar-refractivity contribution in [3.05, 3.63) is 63.5 Å². The van der Waals surface area contributed by atoms with Crippen molar-refractivity contribution < 1.29 is 9.84 Å². The van der Waals surface area contributed by atoms with Gasteiger partial charge in [0.15, 0.2) is 0 Å². The number of aryl methyl sites for hydroxylation is 1. The molecular weight excluding hydrogens is 304 g/mol. The van der Waals surface area contributed by atoms with Crippen LogP contribution in [0.5, 0.6) is 5.75 Å². The van der Waals surface area contributed by atoms with Crippen LogP contribution in [0.4, 0.5) is 0 Å². The van der Waals surface area contributed by atoms with Gasteiger partial charge in [0.2, 0.25) is 0 Å². The fraction of sp³-hybridized carbons (Fsp3) is 0.176. The second kappa shape index (κ2) is 5.68. The average molecular weight is 319 g/mol. The third-order valence-electron chi connectivity index (χ3n) is 3.59. The molecule has 0 fully saturated rings. The van der Waals surface area contributed by atoms with Crippen molar-refractivity contribution in [1.29, 1.82) is 0 Å². The van der Waals surface area contributed by atoms with Gasteiger partial charge in [-0.3, -0.25) is 0 Å². The van der Waals surface area contributed by atoms with Crippen molar-refractivity contribution in [3.8, 4) is 5.75 Å². The van der Waals surface area contributed by atoms with Crippen molar-refractivity contribution >= 4 is 33.0 Å². The van der Waals surface area contributed by atoms with E-state index in [-0.39, 0.29) is 0 Å². The SMILES string of the molecule is COc1ccc2c(Cl)c(C(O)c3ccccc3C)sc2c1. The molecule has 0 saturated heterocycles. The van der Waals surface area contributed by atoms with Crippen LogP contribution in [0.2, 0.25) is 5.02 Å². The van der Waals surface area contributed by atoms with E-state index in [0.717, 1.165) is 31.8 Å². The van der Waals surface area contributed by atoms with Gasteiger partial charge in [0, 0.05) is 10.1 Å². The Morgan fingerprint density at radius 2 is 1.95 bits per heavy atom. The molecule has 2 aromatic carbocycles. The largest absolute Gasteiger partial charge is 0.497 e. The summed E-state index contributed by atoms with van der Waals surface area (Å²) in [6, 6.07) is 13.6. The zero-order chi connectivity index (χ0) is 15.0. The van der Waals surface area contributed by atoms with Crippen LogP contribution in [-0.4, -0.2) is 12.2 Å². The monoisotopic (exact) mass is 318 g/mol. The molecule has 4 heteroatoms. The number of halogens is 1. The molecule has 108 valence electrons. The first-order valence-electron chi connectivity index (χ1n) is 6.61. The highest BCUT2D eigenvalue weighted by Gasteiger charge is 2.20. The first-order valence-corrected chi connectivity index (χ1v) is 7.80. The Morgan fingerprint density at radius 1 is 1.19 bits per heavy atom. The fourth-order valence-electron chi connectivity index (χ4n) is 2.40. The standard InChI is InChI=1S/C17H15ClO2S/c1-10-5-3-4-6-12(10)16(19)17-15(18)13-8-7-11(20-2)9-14(13)21-17/h3-9,16,19H,1-2H3. The maximum atomic E-state index is 10.7. The van der Waals surface area contributed by atoms with Gasteiger partial charge in [-0.15, -0.1) is 11.3 Å². The van der Waals surface area contributed by atoms with Gasteiger partial charge in [-0.05, 0) is 36.2 Å². The predicted molar refractivity (Wildman–Crippen MR) is 88.6 cm³/mol. The third-order valence-corrected chi connectivity index (χ3v) is 5.32. The van der Waals surface area contributed by atoms with Gasteiger partial charge < -0.3 is 9.84 Å². The summed E-state index contributed by atoms with van der Waals surface area (Å²) in [6.45, 7) is 1.99. The number of fused-ring (bicyclic) bond motifs is 1. The number of aliphatic hydroxyl groups excluding tert-OH is 1. The van der Waals surface area contributed by atoms with E-state index in [0.29, 0.717) is 5.02 Å². The van der Waals surface area contributed by atoms with E-state index in [2.05, 4.69) is 0 Å². The van der Waals surface area contributed by atoms with Crippen molar-refractivity contribution in [1.82, 2.24) is 0 Å². The Morgan fingerprint density at radius 3 is 2.67 bits per heavy atom. The van der Waals surface area contributed by atoms with E-state index < -0.39 is 6.10 Å². The first-order chi connectivity index (χ1) is 10.1. The molecule has 1 unspecified atom stereocenters. The number of thiophene rings is 1. The number of hydrogen-bond donors (Lipinski definition) is 1. The molecule has 1 heterocycles. The molecule has 21 heavy (non-hydrogen) atoms. The van der Waals surface area contributed by atoms with Crippen molar-refractivity contribution in [2.75, 3.05) is 7.11 Å². The minimum absolute atomic E-state index is 0.619. The first kappa shape index (κ1) is 14.4. The Bertz CT molecular complexity index is 795. The van der Waals surface area contributed by atoms with E-state index in [4.69, 9.17) is 16.3 Å². The van der Waals surface area contributed by atoms with Crippen LogP contribution < -0.4 is 4.74 Å². The molecule has 0 radical (unpaired) electrons. The van der Waals surface area contributed by atoms with E-state index in [1.165, 1.54) is 11.3 Å². The molecular formula is C17H15ClO2S. The van der Waals surface area contributed by atoms with Crippen LogP contribution >= 0.6 is 22.9 Å². The Labute approximate surface area is 132 Å². The predicted octanol–water partition coefficient (Wildman–Crippen LogP) is 4.95. The summed E-state index contributed by atoms with van der Waals surface area (Å²) in [5.74, 6) is 0.789. The molecule has 0 amide bonds. The summed E-state index contributed by atoms with van der Waals surface area (Å²) >= 11 is 7.96. The van der Waals surface area contributed by atoms with Gasteiger partial charge in [-0.25, -0.2) is 0 Å². The van der Waals surface area contributed by atoms with Crippen LogP contribution in [0.25, 0.3) is 10.1 Å². The lowest BCUT2D eigenvalue weighted by Crippen LogP contribution is -2.00. The molecule has 3 rings (SSSR count). The zero-order valence-electron chi connectivity index (χ0n) is 11.8. The second-order valence-corrected chi connectivity index (χ2v) is 6.36. The van der Waals surface area contributed by atoms with Crippen LogP contribution in [0.3, 0.4) is 0 Å². The van der Waals surface area contributed by atoms with E-state index in [9.17, 15) is 5.11 Å². The van der Waals surface area contributed by atoms with E-state index in [1.54, 1.807) is 7.11 Å². The lowest BCUT2D eigenvalue weighted by Gasteiger charge is -2.12. The van der Waals surface area contributed by atoms with Gasteiger partial charge >= 0.3 is 0 Å². The van der Waals surface area contributed by atoms with Crippen LogP contribution in [0.15, 0.2) is 42.5 Å². The molecule has 1 atom stereocenters. The number of aliphatic hydroxyl groups is 1. The molecule has 0 aliphatic heterocycles. The lowest BCUT2D eigenvalue weighted by atomic mass is 10.0. The van der Waals surface area contributed by atoms with Gasteiger partial charge in [0.1, 0.15) is 11.9 Å². The molecule has 1 aromatic heterocycles. The maximum absolute atomic E-state index is 10.7. The highest BCUT2D eigenvalue weighted by Crippen LogP contribution is 2.42. The van der Waals surface area contributed by atoms with Gasteiger partial charge in [-0.2, -0.15) is 0 Å². The molecule has 0 aliphatic rings. The quantitative estimate of drug-likeness (QED) is 0.740. The van der Waals surface area contributed by atoms with Crippen LogP contribution in [0.1, 0.15) is 22.1 Å². The Hall–Kier alpha value is -1.55. The zero-order valence-corrected chi connectivity index (χ0v) is 13.3. The van der Waals surface area contributed by atoms with Crippen molar-refractivity contribution in [3.63, 3.8) is 0 Å². The summed E-state index contributed by atoms with van der Waals surface area (Å²) in [4.78, 5) is 0.772. The number of hydrogen-bond acceptors (Lipinski definition) is 3. The second-order valence-electron chi connectivity index (χ2n) is 4.90. The number of ether oxygens (including phenoxy) is 1. The molecule has 0 aliphatic carbocycles. The lowest BCUT2D eigenvalue weighted by molar-refractivity contribution is 0.223. The van der Waals surface area contributed by atoms with Crippen molar-refractivity contribution in [2.24, 2.45) is 0 Å². The van der Waals surface area contributed by atoms with Crippen molar-refractivity contribution in [2.45, 2.75) is 13.0 Å². The smallest absolute Gasteiger partial charge is 0.120 e. The Balaban J connectivity index is 2.12. The average Bonchev–Trinajstić information content (AvgIpc) is 2.83. The third kappa shape index (κ3) is 2.53. The summed E-state index contributed by atoms with van der Waals surface area (Å²) in [5.41, 5.74) is 1.94. The van der Waals surface area contributed by atoms with Crippen LogP contribution in [-0.2, 0) is 0 Å². The maximum Gasteiger partial charge on any atom is 0.120 e. The minimum Gasteiger partial charge on any atom is -0.497 e. The summed E-state index contributed by atoms with van der Waals surface area (Å²) in [7, 11) is 1.64. The molecule has 0 saturated carbocycles. The summed E-state index contributed by atoms with van der Waals surface area (Å²) in [5, 5.41) is 12.2. The number of methoxy groups -OCH3 is 1. The Kier molecular flexibility index (Phi) is 3.89. The minimum atomic E-state index is -0.706. The number of benzene rings is 2. The molecule has 1 N–H and O–H groups in total. The van der Waals surface area contributed by atoms with E-state index in [1.807, 2.05) is 49.4 Å². The van der Waals surface area contributed by atoms with Gasteiger partial charge in [0.25, 0.3) is 0 Å². The highest BCUT2D eigenvalue weighted by atomic mass is 35.5. The van der Waals surface area contributed by atoms with E-state index >= 15 is 0 Å². The molecule has 0 spiro atoms. The normalized spacial score (nSPS) is 12.6. The topological polar surface area (TPSA) is 29.5 Å².